The van der Waals surface area contributed by atoms with E-state index in [0.29, 0.717) is 27.9 Å². The maximum atomic E-state index is 12.9. The molecule has 1 aliphatic carbocycles. The molecule has 1 aromatic rings. The molecule has 0 saturated heterocycles. The van der Waals surface area contributed by atoms with Gasteiger partial charge in [0.2, 0.25) is 5.91 Å². The molecule has 4 N–H and O–H groups in total. The highest BCUT2D eigenvalue weighted by molar-refractivity contribution is 6.31. The maximum absolute atomic E-state index is 12.9. The molecule has 1 aromatic carbocycles. The molecule has 1 saturated carbocycles. The minimum atomic E-state index is -0.560. The Morgan fingerprint density at radius 3 is 2.45 bits per heavy atom. The monoisotopic (exact) mass is 420 g/mol. The fourth-order valence-electron chi connectivity index (χ4n) is 4.04. The standard InChI is InChI=1S/C22H33ClN4O2/c1-5-27(17-9-7-6-8-10-17)20-12-16(23)11-18(14(20)2)22(29)26-13-19(21(24)28)15(3)25-4/h11-12,17,25H,5-10,13H2,1-4H3,(H2,24,28)(H,26,29)/b19-15-. The smallest absolute Gasteiger partial charge is 0.251 e. The zero-order valence-electron chi connectivity index (χ0n) is 17.9. The lowest BCUT2D eigenvalue weighted by atomic mass is 9.93. The third kappa shape index (κ3) is 5.66. The normalized spacial score (nSPS) is 15.5. The molecule has 0 heterocycles. The van der Waals surface area contributed by atoms with E-state index in [-0.39, 0.29) is 12.5 Å². The Kier molecular flexibility index (Phi) is 8.38. The molecule has 160 valence electrons. The number of carbonyl (C=O) groups is 2. The van der Waals surface area contributed by atoms with Crippen LogP contribution < -0.4 is 21.3 Å². The van der Waals surface area contributed by atoms with Gasteiger partial charge in [-0.15, -0.1) is 0 Å². The number of anilines is 1. The van der Waals surface area contributed by atoms with Crippen molar-refractivity contribution >= 4 is 29.1 Å². The molecule has 0 atom stereocenters. The van der Waals surface area contributed by atoms with Crippen LogP contribution >= 0.6 is 11.6 Å². The molecule has 1 aliphatic rings. The zero-order chi connectivity index (χ0) is 21.6. The number of carbonyl (C=O) groups excluding carboxylic acids is 2. The van der Waals surface area contributed by atoms with Crippen molar-refractivity contribution in [3.8, 4) is 0 Å². The van der Waals surface area contributed by atoms with Crippen LogP contribution in [0, 0.1) is 6.92 Å². The average molecular weight is 421 g/mol. The Balaban J connectivity index is 2.29. The fraction of sp³-hybridized carbons (Fsp3) is 0.545. The van der Waals surface area contributed by atoms with Crippen LogP contribution in [0.3, 0.4) is 0 Å². The molecular formula is C22H33ClN4O2. The zero-order valence-corrected chi connectivity index (χ0v) is 18.7. The van der Waals surface area contributed by atoms with Crippen LogP contribution in [0.15, 0.2) is 23.4 Å². The third-order valence-electron chi connectivity index (χ3n) is 5.81. The van der Waals surface area contributed by atoms with Crippen molar-refractivity contribution in [1.29, 1.82) is 0 Å². The van der Waals surface area contributed by atoms with Crippen molar-refractivity contribution in [1.82, 2.24) is 10.6 Å². The number of primary amides is 1. The van der Waals surface area contributed by atoms with E-state index in [1.54, 1.807) is 20.0 Å². The van der Waals surface area contributed by atoms with E-state index in [1.807, 2.05) is 13.0 Å². The molecule has 0 aliphatic heterocycles. The predicted octanol–water partition coefficient (Wildman–Crippen LogP) is 3.52. The number of amides is 2. The Hall–Kier alpha value is -2.21. The van der Waals surface area contributed by atoms with Gasteiger partial charge in [-0.3, -0.25) is 9.59 Å². The lowest BCUT2D eigenvalue weighted by Gasteiger charge is -2.36. The molecule has 0 radical (unpaired) electrons. The summed E-state index contributed by atoms with van der Waals surface area (Å²) in [6, 6.07) is 4.11. The largest absolute Gasteiger partial charge is 0.391 e. The van der Waals surface area contributed by atoms with E-state index in [9.17, 15) is 9.59 Å². The Morgan fingerprint density at radius 2 is 1.90 bits per heavy atom. The van der Waals surface area contributed by atoms with Crippen molar-refractivity contribution < 1.29 is 9.59 Å². The van der Waals surface area contributed by atoms with Gasteiger partial charge in [0.05, 0.1) is 12.1 Å². The highest BCUT2D eigenvalue weighted by Gasteiger charge is 2.24. The summed E-state index contributed by atoms with van der Waals surface area (Å²) in [6.45, 7) is 6.76. The van der Waals surface area contributed by atoms with Gasteiger partial charge in [-0.2, -0.15) is 0 Å². The number of halogens is 1. The van der Waals surface area contributed by atoms with Crippen LogP contribution in [0.25, 0.3) is 0 Å². The van der Waals surface area contributed by atoms with Crippen LogP contribution in [0.1, 0.15) is 61.9 Å². The second-order valence-electron chi connectivity index (χ2n) is 7.58. The molecule has 0 unspecified atom stereocenters. The molecule has 0 spiro atoms. The van der Waals surface area contributed by atoms with Gasteiger partial charge in [0.1, 0.15) is 0 Å². The third-order valence-corrected chi connectivity index (χ3v) is 6.02. The SMILES string of the molecule is CCN(c1cc(Cl)cc(C(=O)NC/C(C(N)=O)=C(\C)NC)c1C)C1CCCCC1. The van der Waals surface area contributed by atoms with Gasteiger partial charge >= 0.3 is 0 Å². The molecule has 0 aromatic heterocycles. The van der Waals surface area contributed by atoms with Crippen molar-refractivity contribution in [2.24, 2.45) is 5.73 Å². The van der Waals surface area contributed by atoms with E-state index in [2.05, 4.69) is 22.5 Å². The van der Waals surface area contributed by atoms with Gasteiger partial charge in [-0.05, 0) is 51.3 Å². The van der Waals surface area contributed by atoms with Crippen LogP contribution in [0.2, 0.25) is 5.02 Å². The molecular weight excluding hydrogens is 388 g/mol. The number of hydrogen-bond acceptors (Lipinski definition) is 4. The van der Waals surface area contributed by atoms with E-state index in [4.69, 9.17) is 17.3 Å². The average Bonchev–Trinajstić information content (AvgIpc) is 2.71. The van der Waals surface area contributed by atoms with Gasteiger partial charge in [0.15, 0.2) is 0 Å². The first kappa shape index (κ1) is 23.1. The quantitative estimate of drug-likeness (QED) is 0.561. The number of nitrogens with two attached hydrogens (primary N) is 1. The number of benzene rings is 1. The van der Waals surface area contributed by atoms with E-state index in [0.717, 1.165) is 30.6 Å². The summed E-state index contributed by atoms with van der Waals surface area (Å²) in [5.74, 6) is -0.830. The highest BCUT2D eigenvalue weighted by atomic mass is 35.5. The Morgan fingerprint density at radius 1 is 1.24 bits per heavy atom. The van der Waals surface area contributed by atoms with Gasteiger partial charge < -0.3 is 21.3 Å². The minimum absolute atomic E-state index is 0.0578. The van der Waals surface area contributed by atoms with Gasteiger partial charge in [-0.25, -0.2) is 0 Å². The van der Waals surface area contributed by atoms with Crippen molar-refractivity contribution in [3.05, 3.63) is 39.6 Å². The predicted molar refractivity (Wildman–Crippen MR) is 119 cm³/mol. The summed E-state index contributed by atoms with van der Waals surface area (Å²) in [7, 11) is 1.71. The lowest BCUT2D eigenvalue weighted by Crippen LogP contribution is -2.37. The minimum Gasteiger partial charge on any atom is -0.391 e. The van der Waals surface area contributed by atoms with Gasteiger partial charge in [0, 0.05) is 41.6 Å². The molecule has 7 heteroatoms. The summed E-state index contributed by atoms with van der Waals surface area (Å²) < 4.78 is 0. The first-order valence-electron chi connectivity index (χ1n) is 10.3. The fourth-order valence-corrected chi connectivity index (χ4v) is 4.25. The van der Waals surface area contributed by atoms with Crippen molar-refractivity contribution in [2.75, 3.05) is 25.0 Å². The van der Waals surface area contributed by atoms with Gasteiger partial charge in [-0.1, -0.05) is 30.9 Å². The topological polar surface area (TPSA) is 87.5 Å². The number of nitrogens with zero attached hydrogens (tertiary/aromatic N) is 1. The Bertz CT molecular complexity index is 785. The van der Waals surface area contributed by atoms with Crippen LogP contribution in [-0.4, -0.2) is 38.0 Å². The first-order valence-corrected chi connectivity index (χ1v) is 10.7. The molecule has 2 amide bonds. The van der Waals surface area contributed by atoms with E-state index < -0.39 is 5.91 Å². The number of rotatable bonds is 8. The molecule has 29 heavy (non-hydrogen) atoms. The van der Waals surface area contributed by atoms with Crippen molar-refractivity contribution in [3.63, 3.8) is 0 Å². The summed E-state index contributed by atoms with van der Waals surface area (Å²) in [6.07, 6.45) is 6.09. The van der Waals surface area contributed by atoms with E-state index in [1.165, 1.54) is 19.3 Å². The van der Waals surface area contributed by atoms with E-state index >= 15 is 0 Å². The molecule has 1 fully saturated rings. The van der Waals surface area contributed by atoms with Crippen LogP contribution in [-0.2, 0) is 4.79 Å². The maximum Gasteiger partial charge on any atom is 0.251 e. The number of hydrogen-bond donors (Lipinski definition) is 3. The number of nitrogens with one attached hydrogen (secondary N) is 2. The summed E-state index contributed by atoms with van der Waals surface area (Å²) in [4.78, 5) is 27.0. The van der Waals surface area contributed by atoms with Gasteiger partial charge in [0.25, 0.3) is 5.91 Å². The summed E-state index contributed by atoms with van der Waals surface area (Å²) in [5.41, 5.74) is 8.85. The van der Waals surface area contributed by atoms with Crippen LogP contribution in [0.4, 0.5) is 5.69 Å². The second-order valence-corrected chi connectivity index (χ2v) is 8.01. The Labute approximate surface area is 178 Å². The molecule has 6 nitrogen and oxygen atoms in total. The summed E-state index contributed by atoms with van der Waals surface area (Å²) >= 11 is 6.39. The summed E-state index contributed by atoms with van der Waals surface area (Å²) in [5, 5.41) is 6.24. The lowest BCUT2D eigenvalue weighted by molar-refractivity contribution is -0.114. The van der Waals surface area contributed by atoms with Crippen LogP contribution in [0.5, 0.6) is 0 Å². The first-order chi connectivity index (χ1) is 13.8. The second kappa shape index (κ2) is 10.5. The van der Waals surface area contributed by atoms with Crippen molar-refractivity contribution in [2.45, 2.75) is 58.9 Å². The molecule has 0 bridgehead atoms. The molecule has 2 rings (SSSR count). The highest BCUT2D eigenvalue weighted by Crippen LogP contribution is 2.33. The number of allylic oxidation sites excluding steroid dienone is 1.